The lowest BCUT2D eigenvalue weighted by Gasteiger charge is -2.12. The molecule has 1 aromatic carbocycles. The number of nitrogens with one attached hydrogen (secondary N) is 1. The van der Waals surface area contributed by atoms with Crippen LogP contribution in [-0.4, -0.2) is 24.8 Å². The van der Waals surface area contributed by atoms with E-state index in [1.54, 1.807) is 7.11 Å². The molecule has 2 aromatic rings. The summed E-state index contributed by atoms with van der Waals surface area (Å²) in [6.45, 7) is 11.2. The van der Waals surface area contributed by atoms with Crippen molar-refractivity contribution in [1.29, 1.82) is 0 Å². The predicted molar refractivity (Wildman–Crippen MR) is 88.3 cm³/mol. The summed E-state index contributed by atoms with van der Waals surface area (Å²) in [7, 11) is 1.73. The molecule has 0 saturated heterocycles. The first-order valence-corrected chi connectivity index (χ1v) is 7.49. The summed E-state index contributed by atoms with van der Waals surface area (Å²) >= 11 is 0. The lowest BCUT2D eigenvalue weighted by molar-refractivity contribution is 0.199. The molecule has 0 fully saturated rings. The minimum atomic E-state index is 0.746. The summed E-state index contributed by atoms with van der Waals surface area (Å²) < 4.78 is 7.40. The van der Waals surface area contributed by atoms with E-state index in [4.69, 9.17) is 4.74 Å². The quantitative estimate of drug-likeness (QED) is 0.823. The number of hydrogen-bond acceptors (Lipinski definition) is 2. The molecule has 3 heteroatoms. The van der Waals surface area contributed by atoms with Gasteiger partial charge in [0.15, 0.2) is 0 Å². The van der Waals surface area contributed by atoms with E-state index in [1.165, 1.54) is 33.8 Å². The van der Waals surface area contributed by atoms with Crippen molar-refractivity contribution >= 4 is 0 Å². The Labute approximate surface area is 127 Å². The molecule has 114 valence electrons. The molecule has 0 unspecified atom stereocenters. The fraction of sp³-hybridized carbons (Fsp3) is 0.444. The van der Waals surface area contributed by atoms with Gasteiger partial charge >= 0.3 is 0 Å². The van der Waals surface area contributed by atoms with Crippen molar-refractivity contribution in [3.05, 3.63) is 52.3 Å². The molecule has 0 saturated carbocycles. The van der Waals surface area contributed by atoms with E-state index in [0.717, 1.165) is 19.7 Å². The van der Waals surface area contributed by atoms with Gasteiger partial charge in [-0.15, -0.1) is 0 Å². The second-order valence-electron chi connectivity index (χ2n) is 5.67. The van der Waals surface area contributed by atoms with Gasteiger partial charge in [-0.3, -0.25) is 0 Å². The monoisotopic (exact) mass is 286 g/mol. The average molecular weight is 286 g/mol. The van der Waals surface area contributed by atoms with Crippen LogP contribution >= 0.6 is 0 Å². The lowest BCUT2D eigenvalue weighted by atomic mass is 10.1. The van der Waals surface area contributed by atoms with Crippen LogP contribution in [0.3, 0.4) is 0 Å². The van der Waals surface area contributed by atoms with E-state index in [2.05, 4.69) is 61.8 Å². The summed E-state index contributed by atoms with van der Waals surface area (Å²) in [5.74, 6) is 0. The highest BCUT2D eigenvalue weighted by Gasteiger charge is 2.10. The van der Waals surface area contributed by atoms with E-state index in [-0.39, 0.29) is 0 Å². The third-order valence-corrected chi connectivity index (χ3v) is 4.08. The van der Waals surface area contributed by atoms with Crippen molar-refractivity contribution in [2.24, 2.45) is 0 Å². The van der Waals surface area contributed by atoms with E-state index in [9.17, 15) is 0 Å². The van der Waals surface area contributed by atoms with Crippen LogP contribution in [-0.2, 0) is 11.3 Å². The normalized spacial score (nSPS) is 11.1. The first kappa shape index (κ1) is 15.8. The van der Waals surface area contributed by atoms with Crippen LogP contribution in [0, 0.1) is 27.7 Å². The van der Waals surface area contributed by atoms with E-state index in [1.807, 2.05) is 0 Å². The van der Waals surface area contributed by atoms with E-state index in [0.29, 0.717) is 0 Å². The molecule has 0 aliphatic rings. The van der Waals surface area contributed by atoms with Gasteiger partial charge in [0.2, 0.25) is 0 Å². The van der Waals surface area contributed by atoms with Crippen molar-refractivity contribution < 1.29 is 4.74 Å². The smallest absolute Gasteiger partial charge is 0.0587 e. The van der Waals surface area contributed by atoms with Crippen LogP contribution in [0.2, 0.25) is 0 Å². The Hall–Kier alpha value is -1.58. The molecule has 0 aliphatic carbocycles. The number of benzene rings is 1. The molecule has 0 radical (unpaired) electrons. The van der Waals surface area contributed by atoms with Crippen LogP contribution in [0.15, 0.2) is 24.3 Å². The number of hydrogen-bond donors (Lipinski definition) is 1. The Morgan fingerprint density at radius 3 is 2.48 bits per heavy atom. The Balaban J connectivity index is 2.24. The predicted octanol–water partition coefficient (Wildman–Crippen LogP) is 3.45. The number of ether oxygens (including phenoxy) is 1. The third-order valence-electron chi connectivity index (χ3n) is 4.08. The zero-order chi connectivity index (χ0) is 15.4. The molecule has 0 atom stereocenters. The molecular weight excluding hydrogens is 260 g/mol. The largest absolute Gasteiger partial charge is 0.383 e. The Morgan fingerprint density at radius 1 is 1.05 bits per heavy atom. The van der Waals surface area contributed by atoms with Crippen molar-refractivity contribution in [2.75, 3.05) is 20.3 Å². The number of aromatic nitrogens is 1. The minimum absolute atomic E-state index is 0.746. The molecule has 2 rings (SSSR count). The number of nitrogens with zero attached hydrogens (tertiary/aromatic N) is 1. The van der Waals surface area contributed by atoms with Crippen molar-refractivity contribution in [2.45, 2.75) is 34.2 Å². The van der Waals surface area contributed by atoms with Crippen LogP contribution in [0.5, 0.6) is 0 Å². The average Bonchev–Trinajstić information content (AvgIpc) is 2.73. The van der Waals surface area contributed by atoms with Crippen LogP contribution in [0.25, 0.3) is 5.69 Å². The van der Waals surface area contributed by atoms with Gasteiger partial charge in [-0.2, -0.15) is 0 Å². The van der Waals surface area contributed by atoms with Crippen molar-refractivity contribution in [3.8, 4) is 5.69 Å². The van der Waals surface area contributed by atoms with Crippen molar-refractivity contribution in [1.82, 2.24) is 9.88 Å². The SMILES string of the molecule is COCCNCc1cc(C)n(-c2ccc(C)c(C)c2)c1C. The fourth-order valence-electron chi connectivity index (χ4n) is 2.67. The maximum Gasteiger partial charge on any atom is 0.0587 e. The molecular formula is C18H26N2O. The molecule has 1 N–H and O–H groups in total. The molecule has 0 spiro atoms. The molecule has 0 bridgehead atoms. The Morgan fingerprint density at radius 2 is 1.81 bits per heavy atom. The number of methoxy groups -OCH3 is 1. The van der Waals surface area contributed by atoms with E-state index >= 15 is 0 Å². The molecule has 1 heterocycles. The maximum atomic E-state index is 5.06. The van der Waals surface area contributed by atoms with Gasteiger partial charge in [0.1, 0.15) is 0 Å². The zero-order valence-electron chi connectivity index (χ0n) is 13.8. The second kappa shape index (κ2) is 6.92. The third kappa shape index (κ3) is 3.55. The zero-order valence-corrected chi connectivity index (χ0v) is 13.8. The van der Waals surface area contributed by atoms with Crippen LogP contribution in [0.4, 0.5) is 0 Å². The highest BCUT2D eigenvalue weighted by molar-refractivity contribution is 5.45. The Bertz CT molecular complexity index is 614. The van der Waals surface area contributed by atoms with Gasteiger partial charge < -0.3 is 14.6 Å². The summed E-state index contributed by atoms with van der Waals surface area (Å²) in [4.78, 5) is 0. The van der Waals surface area contributed by atoms with E-state index < -0.39 is 0 Å². The maximum absolute atomic E-state index is 5.06. The topological polar surface area (TPSA) is 26.2 Å². The first-order valence-electron chi connectivity index (χ1n) is 7.49. The molecule has 21 heavy (non-hydrogen) atoms. The van der Waals surface area contributed by atoms with Gasteiger partial charge in [0.05, 0.1) is 6.61 Å². The summed E-state index contributed by atoms with van der Waals surface area (Å²) in [6.07, 6.45) is 0. The highest BCUT2D eigenvalue weighted by Crippen LogP contribution is 2.22. The first-order chi connectivity index (χ1) is 10.0. The summed E-state index contributed by atoms with van der Waals surface area (Å²) in [6, 6.07) is 8.92. The highest BCUT2D eigenvalue weighted by atomic mass is 16.5. The lowest BCUT2D eigenvalue weighted by Crippen LogP contribution is -2.18. The summed E-state index contributed by atoms with van der Waals surface area (Å²) in [5.41, 5.74) is 7.85. The van der Waals surface area contributed by atoms with Crippen LogP contribution < -0.4 is 5.32 Å². The van der Waals surface area contributed by atoms with Gasteiger partial charge in [0.25, 0.3) is 0 Å². The second-order valence-corrected chi connectivity index (χ2v) is 5.67. The molecule has 0 aliphatic heterocycles. The van der Waals surface area contributed by atoms with Gasteiger partial charge in [-0.25, -0.2) is 0 Å². The minimum Gasteiger partial charge on any atom is -0.383 e. The standard InChI is InChI=1S/C18H26N2O/c1-13-6-7-18(10-14(13)2)20-15(3)11-17(16(20)4)12-19-8-9-21-5/h6-7,10-11,19H,8-9,12H2,1-5H3. The van der Waals surface area contributed by atoms with Crippen molar-refractivity contribution in [3.63, 3.8) is 0 Å². The number of rotatable bonds is 6. The summed E-state index contributed by atoms with van der Waals surface area (Å²) in [5, 5.41) is 3.42. The molecule has 3 nitrogen and oxygen atoms in total. The molecule has 0 amide bonds. The van der Waals surface area contributed by atoms with Gasteiger partial charge in [0, 0.05) is 37.3 Å². The van der Waals surface area contributed by atoms with Crippen LogP contribution in [0.1, 0.15) is 28.1 Å². The Kier molecular flexibility index (Phi) is 5.21. The molecule has 1 aromatic heterocycles. The van der Waals surface area contributed by atoms with Gasteiger partial charge in [-0.05, 0) is 62.6 Å². The van der Waals surface area contributed by atoms with Gasteiger partial charge in [-0.1, -0.05) is 6.07 Å². The fourth-order valence-corrected chi connectivity index (χ4v) is 2.67. The number of aryl methyl sites for hydroxylation is 3.